The second kappa shape index (κ2) is 6.78. The Morgan fingerprint density at radius 3 is 2.76 bits per heavy atom. The van der Waals surface area contributed by atoms with E-state index in [-0.39, 0.29) is 10.4 Å². The fourth-order valence-electron chi connectivity index (χ4n) is 2.32. The number of hydrogen-bond donors (Lipinski definition) is 1. The maximum absolute atomic E-state index is 12.1. The summed E-state index contributed by atoms with van der Waals surface area (Å²) >= 11 is 0.943. The molecule has 3 aromatic rings. The highest BCUT2D eigenvalue weighted by Crippen LogP contribution is 2.31. The number of carboxylic acid groups (broad SMARTS) is 1. The number of carbonyl (C=O) groups is 1. The molecule has 2 heterocycles. The number of thiazole rings is 1. The number of para-hydroxylation sites is 1. The zero-order valence-electron chi connectivity index (χ0n) is 13.4. The standard InChI is InChI=1S/C17H14N2O5S/c1-23-12-5-3-4-10(15(12)24-2)6-7-11-8-14(20)19-9-13(16(21)22)25-17(19)18-11/h3-9H,1-2H3,(H,21,22). The van der Waals surface area contributed by atoms with Crippen LogP contribution in [0.3, 0.4) is 0 Å². The van der Waals surface area contributed by atoms with Gasteiger partial charge in [0.05, 0.1) is 19.9 Å². The molecule has 0 radical (unpaired) electrons. The largest absolute Gasteiger partial charge is 0.493 e. The summed E-state index contributed by atoms with van der Waals surface area (Å²) in [7, 11) is 3.10. The lowest BCUT2D eigenvalue weighted by atomic mass is 10.1. The number of rotatable bonds is 5. The van der Waals surface area contributed by atoms with Gasteiger partial charge in [-0.1, -0.05) is 23.5 Å². The Labute approximate surface area is 146 Å². The first-order valence-electron chi connectivity index (χ1n) is 7.19. The first-order chi connectivity index (χ1) is 12.0. The van der Waals surface area contributed by atoms with Gasteiger partial charge in [-0.15, -0.1) is 0 Å². The number of nitrogens with zero attached hydrogens (tertiary/aromatic N) is 2. The average Bonchev–Trinajstić information content (AvgIpc) is 3.04. The summed E-state index contributed by atoms with van der Waals surface area (Å²) in [6, 6.07) is 6.79. The normalized spacial score (nSPS) is 11.1. The third-order valence-electron chi connectivity index (χ3n) is 3.47. The van der Waals surface area contributed by atoms with E-state index >= 15 is 0 Å². The van der Waals surface area contributed by atoms with Crippen molar-refractivity contribution in [1.82, 2.24) is 9.38 Å². The molecule has 1 N–H and O–H groups in total. The molecule has 0 amide bonds. The predicted molar refractivity (Wildman–Crippen MR) is 94.8 cm³/mol. The van der Waals surface area contributed by atoms with E-state index in [0.717, 1.165) is 16.9 Å². The molecule has 0 aliphatic rings. The summed E-state index contributed by atoms with van der Waals surface area (Å²) in [4.78, 5) is 27.9. The van der Waals surface area contributed by atoms with E-state index in [1.807, 2.05) is 12.1 Å². The van der Waals surface area contributed by atoms with Crippen molar-refractivity contribution in [2.24, 2.45) is 0 Å². The molecule has 0 saturated carbocycles. The molecule has 25 heavy (non-hydrogen) atoms. The first kappa shape index (κ1) is 16.7. The minimum absolute atomic E-state index is 0.0557. The third-order valence-corrected chi connectivity index (χ3v) is 4.44. The number of fused-ring (bicyclic) bond motifs is 1. The second-order valence-electron chi connectivity index (χ2n) is 4.99. The number of aromatic carboxylic acids is 1. The smallest absolute Gasteiger partial charge is 0.347 e. The summed E-state index contributed by atoms with van der Waals surface area (Å²) in [5.74, 6) is 0.0777. The van der Waals surface area contributed by atoms with Crippen LogP contribution in [-0.4, -0.2) is 34.7 Å². The fraction of sp³-hybridized carbons (Fsp3) is 0.118. The van der Waals surface area contributed by atoms with Gasteiger partial charge in [-0.2, -0.15) is 0 Å². The minimum atomic E-state index is -1.09. The zero-order valence-corrected chi connectivity index (χ0v) is 14.2. The van der Waals surface area contributed by atoms with Gasteiger partial charge in [0.2, 0.25) is 0 Å². The molecule has 0 aliphatic carbocycles. The first-order valence-corrected chi connectivity index (χ1v) is 8.00. The van der Waals surface area contributed by atoms with Gasteiger partial charge in [0, 0.05) is 17.8 Å². The lowest BCUT2D eigenvalue weighted by molar-refractivity contribution is 0.0701. The van der Waals surface area contributed by atoms with Crippen LogP contribution in [0.2, 0.25) is 0 Å². The lowest BCUT2D eigenvalue weighted by Crippen LogP contribution is -2.11. The number of ether oxygens (including phenoxy) is 2. The highest BCUT2D eigenvalue weighted by atomic mass is 32.1. The van der Waals surface area contributed by atoms with Gasteiger partial charge in [0.15, 0.2) is 16.5 Å². The van der Waals surface area contributed by atoms with Crippen LogP contribution in [0, 0.1) is 0 Å². The van der Waals surface area contributed by atoms with Gasteiger partial charge in [0.1, 0.15) is 4.88 Å². The van der Waals surface area contributed by atoms with Crippen LogP contribution in [-0.2, 0) is 0 Å². The van der Waals surface area contributed by atoms with Gasteiger partial charge >= 0.3 is 5.97 Å². The van der Waals surface area contributed by atoms with E-state index in [4.69, 9.17) is 14.6 Å². The zero-order chi connectivity index (χ0) is 18.0. The molecular weight excluding hydrogens is 344 g/mol. The Morgan fingerprint density at radius 2 is 2.08 bits per heavy atom. The van der Waals surface area contributed by atoms with E-state index in [9.17, 15) is 9.59 Å². The Hall–Kier alpha value is -3.13. The molecule has 2 aromatic heterocycles. The molecule has 0 spiro atoms. The Morgan fingerprint density at radius 1 is 1.28 bits per heavy atom. The Kier molecular flexibility index (Phi) is 4.53. The van der Waals surface area contributed by atoms with Crippen LogP contribution in [0.15, 0.2) is 35.3 Å². The summed E-state index contributed by atoms with van der Waals surface area (Å²) in [5, 5.41) is 9.03. The topological polar surface area (TPSA) is 90.1 Å². The number of aromatic nitrogens is 2. The molecular formula is C17H14N2O5S. The van der Waals surface area contributed by atoms with Crippen LogP contribution in [0.1, 0.15) is 20.9 Å². The van der Waals surface area contributed by atoms with Crippen molar-refractivity contribution in [3.63, 3.8) is 0 Å². The van der Waals surface area contributed by atoms with Gasteiger partial charge in [0.25, 0.3) is 5.56 Å². The van der Waals surface area contributed by atoms with Gasteiger partial charge in [-0.05, 0) is 18.2 Å². The van der Waals surface area contributed by atoms with E-state index in [1.165, 1.54) is 16.7 Å². The van der Waals surface area contributed by atoms with Crippen LogP contribution < -0.4 is 15.0 Å². The quantitative estimate of drug-likeness (QED) is 0.754. The number of hydrogen-bond acceptors (Lipinski definition) is 6. The number of carboxylic acids is 1. The summed E-state index contributed by atoms with van der Waals surface area (Å²) in [6.07, 6.45) is 4.69. The summed E-state index contributed by atoms with van der Waals surface area (Å²) in [6.45, 7) is 0. The maximum atomic E-state index is 12.1. The monoisotopic (exact) mass is 358 g/mol. The van der Waals surface area contributed by atoms with E-state index in [0.29, 0.717) is 22.2 Å². The highest BCUT2D eigenvalue weighted by Gasteiger charge is 2.11. The van der Waals surface area contributed by atoms with Crippen molar-refractivity contribution in [3.8, 4) is 11.5 Å². The molecule has 3 rings (SSSR count). The molecule has 128 valence electrons. The van der Waals surface area contributed by atoms with Gasteiger partial charge < -0.3 is 14.6 Å². The van der Waals surface area contributed by atoms with Crippen LogP contribution >= 0.6 is 11.3 Å². The van der Waals surface area contributed by atoms with E-state index in [2.05, 4.69) is 4.98 Å². The summed E-state index contributed by atoms with van der Waals surface area (Å²) < 4.78 is 11.8. The fourth-order valence-corrected chi connectivity index (χ4v) is 3.16. The third kappa shape index (κ3) is 3.24. The maximum Gasteiger partial charge on any atom is 0.347 e. The molecule has 7 nitrogen and oxygen atoms in total. The van der Waals surface area contributed by atoms with Crippen molar-refractivity contribution in [2.45, 2.75) is 0 Å². The second-order valence-corrected chi connectivity index (χ2v) is 6.00. The molecule has 0 unspecified atom stereocenters. The molecule has 8 heteroatoms. The van der Waals surface area contributed by atoms with Crippen molar-refractivity contribution in [1.29, 1.82) is 0 Å². The van der Waals surface area contributed by atoms with Gasteiger partial charge in [-0.25, -0.2) is 9.78 Å². The predicted octanol–water partition coefficient (Wildman–Crippen LogP) is 2.64. The van der Waals surface area contributed by atoms with Crippen molar-refractivity contribution in [3.05, 3.63) is 57.0 Å². The Bertz CT molecular complexity index is 1040. The molecule has 0 atom stereocenters. The molecule has 1 aromatic carbocycles. The van der Waals surface area contributed by atoms with Crippen molar-refractivity contribution >= 4 is 34.4 Å². The van der Waals surface area contributed by atoms with Crippen molar-refractivity contribution < 1.29 is 19.4 Å². The van der Waals surface area contributed by atoms with Crippen molar-refractivity contribution in [2.75, 3.05) is 14.2 Å². The van der Waals surface area contributed by atoms with Crippen LogP contribution in [0.4, 0.5) is 0 Å². The molecule has 0 bridgehead atoms. The average molecular weight is 358 g/mol. The molecule has 0 fully saturated rings. The number of methoxy groups -OCH3 is 2. The number of benzene rings is 1. The SMILES string of the molecule is COc1cccc(C=Cc2cc(=O)n3cc(C(=O)O)sc3n2)c1OC. The van der Waals surface area contributed by atoms with Gasteiger partial charge in [-0.3, -0.25) is 9.20 Å². The minimum Gasteiger partial charge on any atom is -0.493 e. The lowest BCUT2D eigenvalue weighted by Gasteiger charge is -2.09. The molecule has 0 aliphatic heterocycles. The summed E-state index contributed by atoms with van der Waals surface area (Å²) in [5.41, 5.74) is 0.848. The van der Waals surface area contributed by atoms with E-state index < -0.39 is 5.97 Å². The Balaban J connectivity index is 2.02. The van der Waals surface area contributed by atoms with E-state index in [1.54, 1.807) is 32.4 Å². The molecule has 0 saturated heterocycles. The van der Waals surface area contributed by atoms with Crippen LogP contribution in [0.5, 0.6) is 11.5 Å². The highest BCUT2D eigenvalue weighted by molar-refractivity contribution is 7.18. The van der Waals surface area contributed by atoms with Crippen LogP contribution in [0.25, 0.3) is 17.1 Å².